The van der Waals surface area contributed by atoms with Gasteiger partial charge in [0, 0.05) is 23.8 Å². The Morgan fingerprint density at radius 1 is 1.24 bits per heavy atom. The highest BCUT2D eigenvalue weighted by Crippen LogP contribution is 2.66. The van der Waals surface area contributed by atoms with Crippen molar-refractivity contribution in [2.45, 2.75) is 75.3 Å². The molecule has 3 aliphatic rings. The van der Waals surface area contributed by atoms with Gasteiger partial charge < -0.3 is 24.8 Å². The lowest BCUT2D eigenvalue weighted by Crippen LogP contribution is -2.53. The average Bonchev–Trinajstić information content (AvgIpc) is 3.74. The molecule has 10 heteroatoms. The molecule has 0 spiro atoms. The van der Waals surface area contributed by atoms with Crippen LogP contribution in [0.25, 0.3) is 6.08 Å². The number of thioether (sulfide) groups is 1. The highest BCUT2D eigenvalue weighted by atomic mass is 32.2. The van der Waals surface area contributed by atoms with Crippen molar-refractivity contribution in [1.29, 1.82) is 0 Å². The minimum absolute atomic E-state index is 0.00677. The number of thiophene rings is 1. The standard InChI is InChI=1S/C32H40N2O6S2/c1-31(2)21-13-14-32(31,3)26(18-21)40-30(38)23-7-5-15-34(23)29(37)22(19-42-28-8-6-16-41-28)33-27(36)12-10-20-9-11-24(35)25(17-20)39-4/h6,8-12,16-17,21-23,26,35H,5,7,13-15,18-19H2,1-4H3,(H,33,36)/b12-10+. The maximum absolute atomic E-state index is 13.9. The summed E-state index contributed by atoms with van der Waals surface area (Å²) in [5, 5.41) is 14.7. The molecule has 1 aromatic heterocycles. The molecule has 3 fully saturated rings. The fourth-order valence-electron chi connectivity index (χ4n) is 6.88. The van der Waals surface area contributed by atoms with Gasteiger partial charge in [-0.05, 0) is 78.7 Å². The zero-order valence-electron chi connectivity index (χ0n) is 24.6. The molecule has 5 unspecified atom stereocenters. The van der Waals surface area contributed by atoms with Gasteiger partial charge in [0.25, 0.3) is 0 Å². The number of hydrogen-bond acceptors (Lipinski definition) is 8. The van der Waals surface area contributed by atoms with Crippen LogP contribution in [0.4, 0.5) is 0 Å². The maximum atomic E-state index is 13.9. The van der Waals surface area contributed by atoms with Gasteiger partial charge in [0.1, 0.15) is 18.2 Å². The molecule has 2 bridgehead atoms. The highest BCUT2D eigenvalue weighted by Gasteiger charge is 2.63. The van der Waals surface area contributed by atoms with E-state index in [4.69, 9.17) is 9.47 Å². The number of fused-ring (bicyclic) bond motifs is 2. The van der Waals surface area contributed by atoms with Crippen LogP contribution in [-0.4, -0.2) is 65.4 Å². The van der Waals surface area contributed by atoms with Gasteiger partial charge in [0.2, 0.25) is 11.8 Å². The zero-order valence-corrected chi connectivity index (χ0v) is 26.3. The van der Waals surface area contributed by atoms with E-state index in [-0.39, 0.29) is 34.6 Å². The van der Waals surface area contributed by atoms with Crippen molar-refractivity contribution in [3.8, 4) is 11.5 Å². The van der Waals surface area contributed by atoms with Crippen LogP contribution in [-0.2, 0) is 19.1 Å². The lowest BCUT2D eigenvalue weighted by Gasteiger charge is -2.39. The van der Waals surface area contributed by atoms with Gasteiger partial charge in [-0.2, -0.15) is 0 Å². The average molecular weight is 613 g/mol. The van der Waals surface area contributed by atoms with Crippen molar-refractivity contribution in [3.05, 3.63) is 47.4 Å². The van der Waals surface area contributed by atoms with Crippen molar-refractivity contribution >= 4 is 47.0 Å². The van der Waals surface area contributed by atoms with Crippen LogP contribution in [0.5, 0.6) is 11.5 Å². The van der Waals surface area contributed by atoms with Crippen LogP contribution >= 0.6 is 23.1 Å². The summed E-state index contributed by atoms with van der Waals surface area (Å²) in [4.78, 5) is 42.0. The number of phenols is 1. The molecule has 226 valence electrons. The first-order valence-electron chi connectivity index (χ1n) is 14.6. The number of likely N-dealkylation sites (tertiary alicyclic amines) is 1. The Hall–Kier alpha value is -2.98. The summed E-state index contributed by atoms with van der Waals surface area (Å²) in [6, 6.07) is 7.23. The molecule has 1 aromatic carbocycles. The Labute approximate surface area is 255 Å². The quantitative estimate of drug-likeness (QED) is 0.207. The first-order chi connectivity index (χ1) is 20.0. The molecule has 2 heterocycles. The minimum Gasteiger partial charge on any atom is -0.504 e. The van der Waals surface area contributed by atoms with Gasteiger partial charge in [-0.15, -0.1) is 23.1 Å². The van der Waals surface area contributed by atoms with E-state index in [1.54, 1.807) is 34.4 Å². The van der Waals surface area contributed by atoms with Gasteiger partial charge in [0.15, 0.2) is 11.5 Å². The van der Waals surface area contributed by atoms with Gasteiger partial charge in [-0.1, -0.05) is 32.9 Å². The van der Waals surface area contributed by atoms with Crippen LogP contribution in [0.3, 0.4) is 0 Å². The molecule has 2 aromatic rings. The van der Waals surface area contributed by atoms with Crippen molar-refractivity contribution in [2.24, 2.45) is 16.7 Å². The summed E-state index contributed by atoms with van der Waals surface area (Å²) in [5.74, 6) is 0.161. The SMILES string of the molecule is COc1cc(/C=C/C(=O)NC(CSc2cccs2)C(=O)N2CCCC2C(=O)OC2CC3CCC2(C)C3(C)C)ccc1O. The molecule has 8 nitrogen and oxygen atoms in total. The maximum Gasteiger partial charge on any atom is 0.329 e. The van der Waals surface area contributed by atoms with E-state index < -0.39 is 18.0 Å². The Balaban J connectivity index is 1.27. The first-order valence-corrected chi connectivity index (χ1v) is 16.4. The molecule has 5 atom stereocenters. The first kappa shape index (κ1) is 30.5. The third-order valence-electron chi connectivity index (χ3n) is 9.91. The number of benzene rings is 1. The fourth-order valence-corrected chi connectivity index (χ4v) is 8.70. The molecule has 42 heavy (non-hydrogen) atoms. The predicted octanol–water partition coefficient (Wildman–Crippen LogP) is 5.50. The third-order valence-corrected chi connectivity index (χ3v) is 12.1. The number of nitrogens with zero attached hydrogens (tertiary/aromatic N) is 1. The zero-order chi connectivity index (χ0) is 30.1. The summed E-state index contributed by atoms with van der Waals surface area (Å²) in [7, 11) is 1.46. The predicted molar refractivity (Wildman–Crippen MR) is 165 cm³/mol. The fraction of sp³-hybridized carbons (Fsp3) is 0.531. The Morgan fingerprint density at radius 2 is 2.05 bits per heavy atom. The van der Waals surface area contributed by atoms with Crippen molar-refractivity contribution in [2.75, 3.05) is 19.4 Å². The van der Waals surface area contributed by atoms with Crippen molar-refractivity contribution in [1.82, 2.24) is 10.2 Å². The van der Waals surface area contributed by atoms with Crippen molar-refractivity contribution < 1.29 is 29.0 Å². The minimum atomic E-state index is -0.823. The number of esters is 1. The van der Waals surface area contributed by atoms with Crippen LogP contribution in [0.15, 0.2) is 46.0 Å². The van der Waals surface area contributed by atoms with Gasteiger partial charge in [0.05, 0.1) is 11.3 Å². The van der Waals surface area contributed by atoms with Crippen LogP contribution in [0.2, 0.25) is 0 Å². The number of rotatable bonds is 10. The summed E-state index contributed by atoms with van der Waals surface area (Å²) >= 11 is 3.07. The molecular formula is C32H40N2O6S2. The summed E-state index contributed by atoms with van der Waals surface area (Å²) in [5.41, 5.74) is 0.731. The monoisotopic (exact) mass is 612 g/mol. The highest BCUT2D eigenvalue weighted by molar-refractivity contribution is 8.01. The number of hydrogen-bond donors (Lipinski definition) is 2. The number of ether oxygens (including phenoxy) is 2. The van der Waals surface area contributed by atoms with E-state index in [0.717, 1.165) is 17.1 Å². The molecule has 5 rings (SSSR count). The van der Waals surface area contributed by atoms with Crippen LogP contribution < -0.4 is 10.1 Å². The topological polar surface area (TPSA) is 105 Å². The van der Waals surface area contributed by atoms with Gasteiger partial charge >= 0.3 is 5.97 Å². The number of carbonyl (C=O) groups excluding carboxylic acids is 3. The Bertz CT molecular complexity index is 1340. The molecule has 2 aliphatic carbocycles. The number of methoxy groups -OCH3 is 1. The number of phenolic OH excluding ortho intramolecular Hbond substituents is 1. The Morgan fingerprint density at radius 3 is 2.71 bits per heavy atom. The third kappa shape index (κ3) is 5.93. The Kier molecular flexibility index (Phi) is 8.94. The second kappa shape index (κ2) is 12.3. The van der Waals surface area contributed by atoms with Crippen LogP contribution in [0.1, 0.15) is 58.4 Å². The van der Waals surface area contributed by atoms with E-state index in [1.165, 1.54) is 37.4 Å². The van der Waals surface area contributed by atoms with Crippen molar-refractivity contribution in [3.63, 3.8) is 0 Å². The second-order valence-corrected chi connectivity index (χ2v) is 14.6. The molecule has 2 saturated carbocycles. The molecule has 2 amide bonds. The summed E-state index contributed by atoms with van der Waals surface area (Å²) < 4.78 is 12.4. The second-order valence-electron chi connectivity index (χ2n) is 12.3. The van der Waals surface area contributed by atoms with Crippen LogP contribution in [0, 0.1) is 16.7 Å². The number of amides is 2. The van der Waals surface area contributed by atoms with E-state index in [2.05, 4.69) is 26.1 Å². The molecule has 2 N–H and O–H groups in total. The van der Waals surface area contributed by atoms with E-state index in [1.807, 2.05) is 17.5 Å². The van der Waals surface area contributed by atoms with E-state index in [9.17, 15) is 19.5 Å². The molecule has 1 saturated heterocycles. The molecule has 0 radical (unpaired) electrons. The molecule has 1 aliphatic heterocycles. The summed E-state index contributed by atoms with van der Waals surface area (Å²) in [6.07, 6.45) is 7.19. The smallest absolute Gasteiger partial charge is 0.329 e. The van der Waals surface area contributed by atoms with E-state index in [0.29, 0.717) is 42.4 Å². The lowest BCUT2D eigenvalue weighted by atomic mass is 9.70. The van der Waals surface area contributed by atoms with E-state index >= 15 is 0 Å². The van der Waals surface area contributed by atoms with Gasteiger partial charge in [-0.25, -0.2) is 4.79 Å². The number of nitrogens with one attached hydrogen (secondary N) is 1. The number of carbonyl (C=O) groups is 3. The largest absolute Gasteiger partial charge is 0.504 e. The van der Waals surface area contributed by atoms with Gasteiger partial charge in [-0.3, -0.25) is 9.59 Å². The number of aromatic hydroxyl groups is 1. The summed E-state index contributed by atoms with van der Waals surface area (Å²) in [6.45, 7) is 7.27. The molecular weight excluding hydrogens is 572 g/mol. The lowest BCUT2D eigenvalue weighted by molar-refractivity contribution is -0.165. The normalized spacial score (nSPS) is 26.9.